The van der Waals surface area contributed by atoms with Crippen molar-refractivity contribution in [2.75, 3.05) is 7.05 Å². The molecule has 0 unspecified atom stereocenters. The van der Waals surface area contributed by atoms with E-state index in [2.05, 4.69) is 29.1 Å². The van der Waals surface area contributed by atoms with E-state index >= 15 is 0 Å². The topological polar surface area (TPSA) is 37.8 Å². The minimum atomic E-state index is -0.0479. The summed E-state index contributed by atoms with van der Waals surface area (Å²) in [6, 6.07) is 0. The lowest BCUT2D eigenvalue weighted by atomic mass is 9.98. The maximum absolute atomic E-state index is 4.14. The molecule has 0 fully saturated rings. The highest BCUT2D eigenvalue weighted by Gasteiger charge is 2.17. The summed E-state index contributed by atoms with van der Waals surface area (Å²) in [5.41, 5.74) is 1.06. The van der Waals surface area contributed by atoms with Gasteiger partial charge in [-0.3, -0.25) is 0 Å². The molecule has 0 bridgehead atoms. The molecule has 12 heavy (non-hydrogen) atoms. The summed E-state index contributed by atoms with van der Waals surface area (Å²) in [7, 11) is 1.93. The van der Waals surface area contributed by atoms with Crippen LogP contribution in [0.1, 0.15) is 25.2 Å². The molecule has 0 aliphatic carbocycles. The Bertz CT molecular complexity index is 251. The molecular weight excluding hydrogens is 150 g/mol. The van der Waals surface area contributed by atoms with Crippen molar-refractivity contribution in [1.29, 1.82) is 0 Å². The Morgan fingerprint density at radius 1 is 1.25 bits per heavy atom. The Hall–Kier alpha value is -0.960. The van der Waals surface area contributed by atoms with Crippen LogP contribution in [0.4, 0.5) is 0 Å². The quantitative estimate of drug-likeness (QED) is 0.716. The predicted octanol–water partition coefficient (Wildman–Crippen LogP) is 1.24. The molecule has 3 heteroatoms. The van der Waals surface area contributed by atoms with Gasteiger partial charge < -0.3 is 5.32 Å². The van der Waals surface area contributed by atoms with Crippen molar-refractivity contribution in [3.63, 3.8) is 0 Å². The van der Waals surface area contributed by atoms with Crippen molar-refractivity contribution < 1.29 is 0 Å². The predicted molar refractivity (Wildman–Crippen MR) is 48.9 cm³/mol. The molecule has 1 N–H and O–H groups in total. The van der Waals surface area contributed by atoms with Gasteiger partial charge in [-0.1, -0.05) is 0 Å². The first-order valence-corrected chi connectivity index (χ1v) is 4.04. The van der Waals surface area contributed by atoms with Gasteiger partial charge in [-0.25, -0.2) is 9.97 Å². The molecule has 0 saturated carbocycles. The number of hydrogen-bond donors (Lipinski definition) is 1. The molecule has 1 heterocycles. The van der Waals surface area contributed by atoms with Crippen molar-refractivity contribution in [3.05, 3.63) is 23.8 Å². The highest BCUT2D eigenvalue weighted by atomic mass is 14.9. The summed E-state index contributed by atoms with van der Waals surface area (Å²) in [5, 5.41) is 3.20. The van der Waals surface area contributed by atoms with Gasteiger partial charge in [-0.2, -0.15) is 0 Å². The molecule has 0 radical (unpaired) electrons. The number of aromatic nitrogens is 2. The summed E-state index contributed by atoms with van der Waals surface area (Å²) < 4.78 is 0. The largest absolute Gasteiger partial charge is 0.311 e. The second kappa shape index (κ2) is 3.19. The van der Waals surface area contributed by atoms with Crippen molar-refractivity contribution in [3.8, 4) is 0 Å². The standard InChI is InChI=1S/C9H15N3/c1-7-11-5-8(6-12-7)9(2,3)10-4/h5-6,10H,1-4H3. The summed E-state index contributed by atoms with van der Waals surface area (Å²) in [6.45, 7) is 6.08. The zero-order valence-corrected chi connectivity index (χ0v) is 8.05. The van der Waals surface area contributed by atoms with Crippen molar-refractivity contribution in [1.82, 2.24) is 15.3 Å². The van der Waals surface area contributed by atoms with E-state index in [1.54, 1.807) is 0 Å². The summed E-state index contributed by atoms with van der Waals surface area (Å²) >= 11 is 0. The fraction of sp³-hybridized carbons (Fsp3) is 0.556. The molecule has 1 aromatic rings. The van der Waals surface area contributed by atoms with E-state index < -0.39 is 0 Å². The third-order valence-corrected chi connectivity index (χ3v) is 2.13. The van der Waals surface area contributed by atoms with Crippen LogP contribution in [0, 0.1) is 6.92 Å². The maximum Gasteiger partial charge on any atom is 0.125 e. The minimum Gasteiger partial charge on any atom is -0.311 e. The van der Waals surface area contributed by atoms with Gasteiger partial charge in [0.2, 0.25) is 0 Å². The molecule has 0 aromatic carbocycles. The van der Waals surface area contributed by atoms with E-state index in [-0.39, 0.29) is 5.54 Å². The van der Waals surface area contributed by atoms with Gasteiger partial charge in [0, 0.05) is 23.5 Å². The Morgan fingerprint density at radius 2 is 1.75 bits per heavy atom. The Labute approximate surface area is 73.2 Å². The Balaban J connectivity index is 2.96. The van der Waals surface area contributed by atoms with Crippen molar-refractivity contribution in [2.45, 2.75) is 26.3 Å². The van der Waals surface area contributed by atoms with Gasteiger partial charge in [-0.15, -0.1) is 0 Å². The Morgan fingerprint density at radius 3 is 2.17 bits per heavy atom. The lowest BCUT2D eigenvalue weighted by molar-refractivity contribution is 0.441. The van der Waals surface area contributed by atoms with Crippen LogP contribution in [0.25, 0.3) is 0 Å². The number of aryl methyl sites for hydroxylation is 1. The lowest BCUT2D eigenvalue weighted by Gasteiger charge is -2.23. The number of nitrogens with one attached hydrogen (secondary N) is 1. The second-order valence-electron chi connectivity index (χ2n) is 3.39. The highest BCUT2D eigenvalue weighted by Crippen LogP contribution is 2.16. The molecular formula is C9H15N3. The fourth-order valence-corrected chi connectivity index (χ4v) is 0.860. The summed E-state index contributed by atoms with van der Waals surface area (Å²) in [5.74, 6) is 0.811. The molecule has 0 aliphatic heterocycles. The van der Waals surface area contributed by atoms with Crippen LogP contribution in [-0.4, -0.2) is 17.0 Å². The fourth-order valence-electron chi connectivity index (χ4n) is 0.860. The first-order chi connectivity index (χ1) is 5.56. The molecule has 66 valence electrons. The zero-order valence-electron chi connectivity index (χ0n) is 8.05. The average Bonchev–Trinajstić information content (AvgIpc) is 2.05. The van der Waals surface area contributed by atoms with Gasteiger partial charge in [0.15, 0.2) is 0 Å². The normalized spacial score (nSPS) is 11.7. The van der Waals surface area contributed by atoms with E-state index in [4.69, 9.17) is 0 Å². The van der Waals surface area contributed by atoms with Crippen LogP contribution in [0.2, 0.25) is 0 Å². The SMILES string of the molecule is CNC(C)(C)c1cnc(C)nc1. The van der Waals surface area contributed by atoms with Crippen LogP contribution in [0.15, 0.2) is 12.4 Å². The van der Waals surface area contributed by atoms with Crippen LogP contribution >= 0.6 is 0 Å². The van der Waals surface area contributed by atoms with E-state index in [0.29, 0.717) is 0 Å². The second-order valence-corrected chi connectivity index (χ2v) is 3.39. The van der Waals surface area contributed by atoms with Crippen LogP contribution in [0.3, 0.4) is 0 Å². The lowest BCUT2D eigenvalue weighted by Crippen LogP contribution is -2.33. The molecule has 1 rings (SSSR count). The molecule has 0 saturated heterocycles. The van der Waals surface area contributed by atoms with Crippen molar-refractivity contribution >= 4 is 0 Å². The van der Waals surface area contributed by atoms with Gasteiger partial charge in [0.05, 0.1) is 0 Å². The van der Waals surface area contributed by atoms with Crippen LogP contribution < -0.4 is 5.32 Å². The van der Waals surface area contributed by atoms with E-state index in [9.17, 15) is 0 Å². The van der Waals surface area contributed by atoms with E-state index in [0.717, 1.165) is 11.4 Å². The Kier molecular flexibility index (Phi) is 2.43. The van der Waals surface area contributed by atoms with Gasteiger partial charge in [-0.05, 0) is 27.8 Å². The molecule has 3 nitrogen and oxygen atoms in total. The zero-order chi connectivity index (χ0) is 9.19. The smallest absolute Gasteiger partial charge is 0.125 e. The van der Waals surface area contributed by atoms with Gasteiger partial charge in [0.25, 0.3) is 0 Å². The third-order valence-electron chi connectivity index (χ3n) is 2.13. The number of hydrogen-bond acceptors (Lipinski definition) is 3. The molecule has 0 spiro atoms. The first kappa shape index (κ1) is 9.13. The van der Waals surface area contributed by atoms with Crippen LogP contribution in [0.5, 0.6) is 0 Å². The van der Waals surface area contributed by atoms with Crippen molar-refractivity contribution in [2.24, 2.45) is 0 Å². The number of rotatable bonds is 2. The molecule has 1 aromatic heterocycles. The summed E-state index contributed by atoms with van der Waals surface area (Å²) in [6.07, 6.45) is 3.72. The van der Waals surface area contributed by atoms with Gasteiger partial charge in [0.1, 0.15) is 5.82 Å². The van der Waals surface area contributed by atoms with E-state index in [1.807, 2.05) is 26.4 Å². The molecule has 0 atom stereocenters. The summed E-state index contributed by atoms with van der Waals surface area (Å²) in [4.78, 5) is 8.28. The molecule has 0 amide bonds. The van der Waals surface area contributed by atoms with E-state index in [1.165, 1.54) is 0 Å². The highest BCUT2D eigenvalue weighted by molar-refractivity contribution is 5.15. The molecule has 0 aliphatic rings. The number of nitrogens with zero attached hydrogens (tertiary/aromatic N) is 2. The average molecular weight is 165 g/mol. The van der Waals surface area contributed by atoms with Crippen LogP contribution in [-0.2, 0) is 5.54 Å². The minimum absolute atomic E-state index is 0.0479. The maximum atomic E-state index is 4.14. The third kappa shape index (κ3) is 1.80. The first-order valence-electron chi connectivity index (χ1n) is 4.04. The van der Waals surface area contributed by atoms with Gasteiger partial charge >= 0.3 is 0 Å². The monoisotopic (exact) mass is 165 g/mol.